The number of benzene rings is 1. The molecule has 0 saturated heterocycles. The molecule has 0 spiro atoms. The van der Waals surface area contributed by atoms with Crippen LogP contribution in [-0.4, -0.2) is 19.8 Å². The van der Waals surface area contributed by atoms with Crippen LogP contribution in [0.25, 0.3) is 17.0 Å². The fraction of sp³-hybridized carbons (Fsp3) is 0.118. The first-order valence-electron chi connectivity index (χ1n) is 7.73. The van der Waals surface area contributed by atoms with E-state index in [1.165, 1.54) is 16.8 Å². The van der Waals surface area contributed by atoms with Crippen molar-refractivity contribution in [3.05, 3.63) is 70.2 Å². The standard InChI is InChI=1S/C17H11F3N4O2S/c18-17(19,20)11-4-1-3-10(7-11)9-27-16-22-21-15(25)13-8-12(23-24(13)16)14-5-2-6-26-14/h1-8H,9H2,(H,21,25). The Morgan fingerprint density at radius 3 is 2.78 bits per heavy atom. The van der Waals surface area contributed by atoms with Crippen molar-refractivity contribution in [3.63, 3.8) is 0 Å². The van der Waals surface area contributed by atoms with Crippen LogP contribution in [0.15, 0.2) is 63.1 Å². The largest absolute Gasteiger partial charge is 0.463 e. The lowest BCUT2D eigenvalue weighted by Gasteiger charge is -2.08. The number of furan rings is 1. The second-order valence-electron chi connectivity index (χ2n) is 5.63. The highest BCUT2D eigenvalue weighted by atomic mass is 32.2. The minimum atomic E-state index is -4.40. The van der Waals surface area contributed by atoms with E-state index in [4.69, 9.17) is 4.42 Å². The van der Waals surface area contributed by atoms with Gasteiger partial charge < -0.3 is 4.42 Å². The molecule has 0 aliphatic heterocycles. The van der Waals surface area contributed by atoms with E-state index in [-0.39, 0.29) is 11.3 Å². The van der Waals surface area contributed by atoms with Crippen LogP contribution < -0.4 is 5.56 Å². The van der Waals surface area contributed by atoms with Crippen molar-refractivity contribution < 1.29 is 17.6 Å². The first kappa shape index (κ1) is 17.4. The van der Waals surface area contributed by atoms with Gasteiger partial charge in [-0.05, 0) is 23.8 Å². The van der Waals surface area contributed by atoms with Crippen LogP contribution in [0, 0.1) is 0 Å². The minimum absolute atomic E-state index is 0.230. The second kappa shape index (κ2) is 6.62. The third kappa shape index (κ3) is 3.47. The monoisotopic (exact) mass is 392 g/mol. The third-order valence-corrected chi connectivity index (χ3v) is 4.77. The Hall–Kier alpha value is -3.01. The Kier molecular flexibility index (Phi) is 4.27. The van der Waals surface area contributed by atoms with Crippen LogP contribution in [0.5, 0.6) is 0 Å². The first-order valence-corrected chi connectivity index (χ1v) is 8.71. The molecule has 0 aliphatic rings. The van der Waals surface area contributed by atoms with Gasteiger partial charge in [0.2, 0.25) is 5.16 Å². The zero-order chi connectivity index (χ0) is 19.0. The molecule has 4 rings (SSSR count). The quantitative estimate of drug-likeness (QED) is 0.532. The maximum Gasteiger partial charge on any atom is 0.416 e. The first-order chi connectivity index (χ1) is 12.9. The number of hydrogen-bond acceptors (Lipinski definition) is 5. The van der Waals surface area contributed by atoms with Gasteiger partial charge in [0.25, 0.3) is 5.56 Å². The Morgan fingerprint density at radius 2 is 2.04 bits per heavy atom. The summed E-state index contributed by atoms with van der Waals surface area (Å²) < 4.78 is 45.2. The minimum Gasteiger partial charge on any atom is -0.463 e. The van der Waals surface area contributed by atoms with Gasteiger partial charge in [0.1, 0.15) is 11.2 Å². The van der Waals surface area contributed by atoms with Crippen LogP contribution >= 0.6 is 11.8 Å². The highest BCUT2D eigenvalue weighted by molar-refractivity contribution is 7.98. The zero-order valence-corrected chi connectivity index (χ0v) is 14.3. The van der Waals surface area contributed by atoms with Gasteiger partial charge in [0.15, 0.2) is 5.76 Å². The van der Waals surface area contributed by atoms with Crippen molar-refractivity contribution in [1.82, 2.24) is 19.8 Å². The molecule has 0 atom stereocenters. The van der Waals surface area contributed by atoms with Crippen molar-refractivity contribution >= 4 is 17.3 Å². The topological polar surface area (TPSA) is 76.2 Å². The van der Waals surface area contributed by atoms with Crippen LogP contribution in [-0.2, 0) is 11.9 Å². The molecule has 138 valence electrons. The van der Waals surface area contributed by atoms with Gasteiger partial charge in [-0.25, -0.2) is 9.61 Å². The number of H-pyrrole nitrogens is 1. The van der Waals surface area contributed by atoms with E-state index >= 15 is 0 Å². The summed E-state index contributed by atoms with van der Waals surface area (Å²) in [6.07, 6.45) is -2.91. The van der Waals surface area contributed by atoms with Gasteiger partial charge in [-0.1, -0.05) is 30.0 Å². The molecule has 0 aliphatic carbocycles. The summed E-state index contributed by atoms with van der Waals surface area (Å²) >= 11 is 1.16. The van der Waals surface area contributed by atoms with Crippen molar-refractivity contribution in [2.45, 2.75) is 17.1 Å². The summed E-state index contributed by atoms with van der Waals surface area (Å²) in [7, 11) is 0. The van der Waals surface area contributed by atoms with Crippen molar-refractivity contribution in [1.29, 1.82) is 0 Å². The third-order valence-electron chi connectivity index (χ3n) is 3.77. The molecular formula is C17H11F3N4O2S. The highest BCUT2D eigenvalue weighted by Crippen LogP contribution is 2.31. The SMILES string of the molecule is O=c1[nH]nc(SCc2cccc(C(F)(F)F)c2)n2nc(-c3ccco3)cc12. The van der Waals surface area contributed by atoms with Crippen LogP contribution in [0.4, 0.5) is 13.2 Å². The number of hydrogen-bond donors (Lipinski definition) is 1. The molecule has 6 nitrogen and oxygen atoms in total. The van der Waals surface area contributed by atoms with E-state index in [0.29, 0.717) is 22.2 Å². The number of thioether (sulfide) groups is 1. The molecule has 27 heavy (non-hydrogen) atoms. The van der Waals surface area contributed by atoms with Gasteiger partial charge in [0, 0.05) is 11.8 Å². The van der Waals surface area contributed by atoms with Crippen LogP contribution in [0.2, 0.25) is 0 Å². The maximum atomic E-state index is 12.8. The number of rotatable bonds is 4. The van der Waals surface area contributed by atoms with Crippen LogP contribution in [0.1, 0.15) is 11.1 Å². The predicted molar refractivity (Wildman–Crippen MR) is 92.3 cm³/mol. The molecule has 0 bridgehead atoms. The lowest BCUT2D eigenvalue weighted by atomic mass is 10.1. The average molecular weight is 392 g/mol. The zero-order valence-electron chi connectivity index (χ0n) is 13.5. The number of aromatic nitrogens is 4. The fourth-order valence-electron chi connectivity index (χ4n) is 2.52. The van der Waals surface area contributed by atoms with Gasteiger partial charge in [0.05, 0.1) is 11.8 Å². The van der Waals surface area contributed by atoms with Gasteiger partial charge >= 0.3 is 6.18 Å². The Balaban J connectivity index is 1.65. The number of nitrogens with one attached hydrogen (secondary N) is 1. The van der Waals surface area contributed by atoms with E-state index < -0.39 is 17.3 Å². The highest BCUT2D eigenvalue weighted by Gasteiger charge is 2.30. The normalized spacial score (nSPS) is 12.0. The fourth-order valence-corrected chi connectivity index (χ4v) is 3.36. The number of nitrogens with zero attached hydrogens (tertiary/aromatic N) is 3. The average Bonchev–Trinajstić information content (AvgIpc) is 3.31. The lowest BCUT2D eigenvalue weighted by Crippen LogP contribution is -2.13. The maximum absolute atomic E-state index is 12.8. The van der Waals surface area contributed by atoms with E-state index in [1.54, 1.807) is 24.3 Å². The molecule has 4 aromatic rings. The number of halogens is 3. The second-order valence-corrected chi connectivity index (χ2v) is 6.57. The smallest absolute Gasteiger partial charge is 0.416 e. The molecule has 3 aromatic heterocycles. The summed E-state index contributed by atoms with van der Waals surface area (Å²) in [5, 5.41) is 11.0. The molecule has 0 amide bonds. The van der Waals surface area contributed by atoms with Crippen LogP contribution in [0.3, 0.4) is 0 Å². The molecule has 0 saturated carbocycles. The lowest BCUT2D eigenvalue weighted by molar-refractivity contribution is -0.137. The molecule has 10 heteroatoms. The van der Waals surface area contributed by atoms with E-state index in [2.05, 4.69) is 15.3 Å². The molecule has 0 fully saturated rings. The van der Waals surface area contributed by atoms with Crippen molar-refractivity contribution in [3.8, 4) is 11.5 Å². The van der Waals surface area contributed by atoms with E-state index in [9.17, 15) is 18.0 Å². The van der Waals surface area contributed by atoms with Crippen molar-refractivity contribution in [2.24, 2.45) is 0 Å². The van der Waals surface area contributed by atoms with E-state index in [0.717, 1.165) is 23.9 Å². The Morgan fingerprint density at radius 1 is 1.19 bits per heavy atom. The molecule has 0 unspecified atom stereocenters. The summed E-state index contributed by atoms with van der Waals surface area (Å²) in [5.41, 5.74) is 0.0693. The number of aromatic amines is 1. The summed E-state index contributed by atoms with van der Waals surface area (Å²) in [6, 6.07) is 10.0. The Bertz CT molecular complexity index is 1150. The molecule has 1 N–H and O–H groups in total. The summed E-state index contributed by atoms with van der Waals surface area (Å²) in [4.78, 5) is 12.0. The molecule has 3 heterocycles. The molecule has 0 radical (unpaired) electrons. The molecular weight excluding hydrogens is 381 g/mol. The molecule has 1 aromatic carbocycles. The predicted octanol–water partition coefficient (Wildman–Crippen LogP) is 3.99. The van der Waals surface area contributed by atoms with Gasteiger partial charge in [-0.3, -0.25) is 4.79 Å². The summed E-state index contributed by atoms with van der Waals surface area (Å²) in [6.45, 7) is 0. The summed E-state index contributed by atoms with van der Waals surface area (Å²) in [5.74, 6) is 0.723. The Labute approximate surface area is 154 Å². The van der Waals surface area contributed by atoms with Gasteiger partial charge in [-0.15, -0.1) is 5.10 Å². The number of fused-ring (bicyclic) bond motifs is 1. The van der Waals surface area contributed by atoms with Gasteiger partial charge in [-0.2, -0.15) is 18.3 Å². The van der Waals surface area contributed by atoms with Crippen molar-refractivity contribution in [2.75, 3.05) is 0 Å². The van der Waals surface area contributed by atoms with E-state index in [1.807, 2.05) is 0 Å². The number of alkyl halides is 3.